The van der Waals surface area contributed by atoms with E-state index in [2.05, 4.69) is 15.3 Å². The molecule has 0 spiro atoms. The van der Waals surface area contributed by atoms with E-state index in [4.69, 9.17) is 21.1 Å². The van der Waals surface area contributed by atoms with Gasteiger partial charge in [-0.2, -0.15) is 13.1 Å². The molecule has 0 saturated carbocycles. The minimum atomic E-state index is -3.62. The second-order valence-electron chi connectivity index (χ2n) is 11.0. The summed E-state index contributed by atoms with van der Waals surface area (Å²) in [7, 11) is -2.06. The van der Waals surface area contributed by atoms with Crippen LogP contribution in [-0.4, -0.2) is 63.7 Å². The molecule has 5 aromatic rings. The number of halogens is 3. The number of aliphatic carboxylic acids is 1. The van der Waals surface area contributed by atoms with Crippen molar-refractivity contribution in [2.24, 2.45) is 7.05 Å². The lowest BCUT2D eigenvalue weighted by molar-refractivity contribution is -0.137. The van der Waals surface area contributed by atoms with Crippen molar-refractivity contribution in [1.29, 1.82) is 0 Å². The number of pyridine rings is 1. The minimum Gasteiger partial charge on any atom is -0.481 e. The first-order valence-corrected chi connectivity index (χ1v) is 17.0. The van der Waals surface area contributed by atoms with Gasteiger partial charge in [-0.15, -0.1) is 27.2 Å². The van der Waals surface area contributed by atoms with E-state index < -0.39 is 35.4 Å². The minimum absolute atomic E-state index is 0.0702. The highest BCUT2D eigenvalue weighted by molar-refractivity contribution is 8.22. The maximum absolute atomic E-state index is 13.5. The topological polar surface area (TPSA) is 143 Å². The van der Waals surface area contributed by atoms with Crippen LogP contribution in [0.2, 0.25) is 5.02 Å². The Morgan fingerprint density at radius 2 is 2.07 bits per heavy atom. The van der Waals surface area contributed by atoms with Crippen molar-refractivity contribution in [3.63, 3.8) is 0 Å². The molecule has 3 N–H and O–H groups in total. The highest BCUT2D eigenvalue weighted by atomic mass is 35.5. The standard InChI is InChI=1S/C30H30ClF2N5O6S2/c1-4-20-14-38(46(41,42)24-9-19(31)12-34-29(24)43-20)13-18-8-17(7-16-5-6-45-28(16)18)22(11-25(39)40)21-10-23(44-30(32)33)27-26(15(21)2)35-36-37(27)3/h5-10,12,20,22,30,41-42H,4,11,13-14H2,1-3H3,(H,39,40)/t20-,22+/m1/s1. The van der Waals surface area contributed by atoms with Crippen molar-refractivity contribution >= 4 is 60.8 Å². The summed E-state index contributed by atoms with van der Waals surface area (Å²) in [6, 6.07) is 8.47. The Morgan fingerprint density at radius 1 is 1.28 bits per heavy atom. The fourth-order valence-corrected chi connectivity index (χ4v) is 8.59. The van der Waals surface area contributed by atoms with Gasteiger partial charge < -0.3 is 14.6 Å². The maximum atomic E-state index is 13.5. The van der Waals surface area contributed by atoms with E-state index in [1.807, 2.05) is 30.5 Å². The summed E-state index contributed by atoms with van der Waals surface area (Å²) in [5, 5.41) is 21.1. The number of fused-ring (bicyclic) bond motifs is 3. The van der Waals surface area contributed by atoms with E-state index in [0.29, 0.717) is 34.2 Å². The quantitative estimate of drug-likeness (QED) is 0.142. The van der Waals surface area contributed by atoms with Crippen LogP contribution in [0.1, 0.15) is 47.9 Å². The largest absolute Gasteiger partial charge is 0.481 e. The van der Waals surface area contributed by atoms with Crippen molar-refractivity contribution in [3.8, 4) is 11.6 Å². The number of rotatable bonds is 9. The lowest BCUT2D eigenvalue weighted by atomic mass is 9.84. The van der Waals surface area contributed by atoms with E-state index in [1.54, 1.807) is 18.3 Å². The molecule has 1 aliphatic heterocycles. The number of hydrogen-bond donors (Lipinski definition) is 3. The van der Waals surface area contributed by atoms with Crippen LogP contribution in [0.25, 0.3) is 21.1 Å². The summed E-state index contributed by atoms with van der Waals surface area (Å²) in [5.74, 6) is -1.96. The van der Waals surface area contributed by atoms with Crippen molar-refractivity contribution in [1.82, 2.24) is 24.3 Å². The first-order valence-electron chi connectivity index (χ1n) is 14.2. The molecule has 4 heterocycles. The van der Waals surface area contributed by atoms with E-state index in [-0.39, 0.29) is 46.6 Å². The zero-order valence-corrected chi connectivity index (χ0v) is 27.2. The van der Waals surface area contributed by atoms with Gasteiger partial charge in [0, 0.05) is 30.4 Å². The molecule has 0 amide bonds. The van der Waals surface area contributed by atoms with Gasteiger partial charge in [0.15, 0.2) is 5.75 Å². The summed E-state index contributed by atoms with van der Waals surface area (Å²) in [4.78, 5) is 16.6. The van der Waals surface area contributed by atoms with Gasteiger partial charge in [-0.05, 0) is 70.6 Å². The predicted molar refractivity (Wildman–Crippen MR) is 171 cm³/mol. The Balaban J connectivity index is 1.49. The molecule has 0 unspecified atom stereocenters. The third kappa shape index (κ3) is 5.98. The molecule has 16 heteroatoms. The number of carboxylic acids is 1. The average molecular weight is 694 g/mol. The smallest absolute Gasteiger partial charge is 0.387 e. The summed E-state index contributed by atoms with van der Waals surface area (Å²) < 4.78 is 64.9. The fourth-order valence-electron chi connectivity index (χ4n) is 5.89. The van der Waals surface area contributed by atoms with Crippen molar-refractivity contribution in [2.75, 3.05) is 6.54 Å². The average Bonchev–Trinajstić information content (AvgIpc) is 3.62. The van der Waals surface area contributed by atoms with E-state index in [0.717, 1.165) is 10.1 Å². The Morgan fingerprint density at radius 3 is 2.78 bits per heavy atom. The molecular weight excluding hydrogens is 664 g/mol. The Labute approximate surface area is 272 Å². The molecule has 0 radical (unpaired) electrons. The van der Waals surface area contributed by atoms with Crippen molar-refractivity contribution in [2.45, 2.75) is 56.8 Å². The van der Waals surface area contributed by atoms with Gasteiger partial charge in [-0.3, -0.25) is 13.9 Å². The Bertz CT molecular complexity index is 1950. The molecule has 0 bridgehead atoms. The van der Waals surface area contributed by atoms with Crippen LogP contribution >= 0.6 is 33.7 Å². The van der Waals surface area contributed by atoms with Gasteiger partial charge in [0.2, 0.25) is 5.88 Å². The normalized spacial score (nSPS) is 17.9. The molecule has 6 rings (SSSR count). The van der Waals surface area contributed by atoms with Crippen LogP contribution < -0.4 is 9.47 Å². The van der Waals surface area contributed by atoms with E-state index in [1.165, 1.54) is 34.3 Å². The van der Waals surface area contributed by atoms with Crippen molar-refractivity contribution < 1.29 is 37.3 Å². The number of aromatic nitrogens is 4. The number of nitrogens with zero attached hydrogens (tertiary/aromatic N) is 5. The van der Waals surface area contributed by atoms with Gasteiger partial charge in [0.1, 0.15) is 22.0 Å². The lowest BCUT2D eigenvalue weighted by Gasteiger charge is -2.41. The number of benzene rings is 2. The summed E-state index contributed by atoms with van der Waals surface area (Å²) in [6.07, 6.45) is 1.19. The molecule has 11 nitrogen and oxygen atoms in total. The monoisotopic (exact) mass is 693 g/mol. The summed E-state index contributed by atoms with van der Waals surface area (Å²) in [6.45, 7) is 0.775. The zero-order valence-electron chi connectivity index (χ0n) is 24.9. The second-order valence-corrected chi connectivity index (χ2v) is 14.3. The van der Waals surface area contributed by atoms with Gasteiger partial charge >= 0.3 is 12.6 Å². The number of thiophene rings is 1. The summed E-state index contributed by atoms with van der Waals surface area (Å²) >= 11 is 7.66. The zero-order chi connectivity index (χ0) is 32.9. The second kappa shape index (κ2) is 12.5. The molecule has 2 atom stereocenters. The van der Waals surface area contributed by atoms with Crippen LogP contribution in [0.4, 0.5) is 8.78 Å². The molecular formula is C30H30ClF2N5O6S2. The van der Waals surface area contributed by atoms with Crippen LogP contribution in [0.15, 0.2) is 46.8 Å². The van der Waals surface area contributed by atoms with Crippen LogP contribution in [0, 0.1) is 6.92 Å². The van der Waals surface area contributed by atoms with Gasteiger partial charge in [-0.25, -0.2) is 9.67 Å². The Hall–Kier alpha value is -3.60. The first kappa shape index (κ1) is 32.3. The third-order valence-electron chi connectivity index (χ3n) is 8.09. The molecule has 244 valence electrons. The first-order chi connectivity index (χ1) is 21.9. The van der Waals surface area contributed by atoms with Gasteiger partial charge in [0.25, 0.3) is 0 Å². The van der Waals surface area contributed by atoms with Gasteiger partial charge in [0.05, 0.1) is 18.0 Å². The molecule has 0 aliphatic carbocycles. The molecule has 0 saturated heterocycles. The van der Waals surface area contributed by atoms with Crippen LogP contribution in [-0.2, 0) is 18.4 Å². The highest BCUT2D eigenvalue weighted by Gasteiger charge is 2.36. The number of hydrogen-bond acceptors (Lipinski definition) is 10. The number of ether oxygens (including phenoxy) is 2. The van der Waals surface area contributed by atoms with Gasteiger partial charge in [-0.1, -0.05) is 29.8 Å². The summed E-state index contributed by atoms with van der Waals surface area (Å²) in [5.41, 5.74) is 2.91. The van der Waals surface area contributed by atoms with Crippen LogP contribution in [0.3, 0.4) is 0 Å². The molecule has 1 aliphatic rings. The maximum Gasteiger partial charge on any atom is 0.387 e. The molecule has 0 fully saturated rings. The van der Waals surface area contributed by atoms with Crippen molar-refractivity contribution in [3.05, 3.63) is 69.2 Å². The predicted octanol–water partition coefficient (Wildman–Crippen LogP) is 7.45. The number of carboxylic acid groups (broad SMARTS) is 1. The number of aryl methyl sites for hydroxylation is 2. The lowest BCUT2D eigenvalue weighted by Crippen LogP contribution is -2.34. The number of alkyl halides is 2. The molecule has 3 aromatic heterocycles. The number of carbonyl (C=O) groups is 1. The SMILES string of the molecule is CC[C@@H]1CN(Cc2cc([C@H](CC(=O)O)c3cc(OC(F)F)c4c(nnn4C)c3C)cc3ccsc23)S(O)(O)c2cc(Cl)cnc2O1. The molecule has 46 heavy (non-hydrogen) atoms. The fraction of sp³-hybridized carbons (Fsp3) is 0.333. The van der Waals surface area contributed by atoms with E-state index in [9.17, 15) is 27.8 Å². The van der Waals surface area contributed by atoms with E-state index >= 15 is 0 Å². The molecule has 2 aromatic carbocycles. The van der Waals surface area contributed by atoms with Crippen LogP contribution in [0.5, 0.6) is 11.6 Å². The Kier molecular flexibility index (Phi) is 8.82. The third-order valence-corrected chi connectivity index (χ3v) is 11.2. The highest BCUT2D eigenvalue weighted by Crippen LogP contribution is 2.58.